The third kappa shape index (κ3) is 2.27. The molecule has 1 aromatic rings. The number of amides is 1. The molecule has 0 N–H and O–H groups in total. The highest BCUT2D eigenvalue weighted by atomic mass is 16.2. The number of ketones is 1. The Hall–Kier alpha value is -1.71. The minimum Gasteiger partial charge on any atom is -0.338 e. The molecule has 1 amide bonds. The predicted octanol–water partition coefficient (Wildman–Crippen LogP) is 0.945. The average Bonchev–Trinajstić information content (AvgIpc) is 2.27. The Morgan fingerprint density at radius 2 is 2.31 bits per heavy atom. The fourth-order valence-corrected chi connectivity index (χ4v) is 1.90. The van der Waals surface area contributed by atoms with Crippen molar-refractivity contribution in [1.29, 1.82) is 0 Å². The summed E-state index contributed by atoms with van der Waals surface area (Å²) in [5.41, 5.74) is 2.15. The SMILES string of the molecule is CC(=O)CC(=O)N1CCc2ncccc2C1. The average molecular weight is 218 g/mol. The summed E-state index contributed by atoms with van der Waals surface area (Å²) in [6, 6.07) is 3.85. The number of pyridine rings is 1. The zero-order chi connectivity index (χ0) is 11.5. The summed E-state index contributed by atoms with van der Waals surface area (Å²) in [7, 11) is 0. The number of nitrogens with zero attached hydrogens (tertiary/aromatic N) is 2. The van der Waals surface area contributed by atoms with E-state index in [2.05, 4.69) is 4.98 Å². The van der Waals surface area contributed by atoms with Gasteiger partial charge in [0, 0.05) is 31.4 Å². The molecule has 84 valence electrons. The van der Waals surface area contributed by atoms with E-state index in [4.69, 9.17) is 0 Å². The second-order valence-corrected chi connectivity index (χ2v) is 4.05. The molecule has 0 bridgehead atoms. The highest BCUT2D eigenvalue weighted by molar-refractivity contribution is 5.96. The Morgan fingerprint density at radius 1 is 1.50 bits per heavy atom. The molecule has 2 rings (SSSR count). The van der Waals surface area contributed by atoms with Crippen LogP contribution >= 0.6 is 0 Å². The largest absolute Gasteiger partial charge is 0.338 e. The molecule has 1 aromatic heterocycles. The molecule has 1 aliphatic rings. The molecule has 0 aliphatic carbocycles. The van der Waals surface area contributed by atoms with Crippen LogP contribution in [-0.4, -0.2) is 28.1 Å². The molecule has 4 heteroatoms. The lowest BCUT2D eigenvalue weighted by molar-refractivity contribution is -0.135. The minimum atomic E-state index is -0.0815. The molecule has 0 fully saturated rings. The highest BCUT2D eigenvalue weighted by Gasteiger charge is 2.21. The molecule has 0 saturated carbocycles. The molecule has 0 spiro atoms. The topological polar surface area (TPSA) is 50.3 Å². The molecule has 0 aromatic carbocycles. The molecule has 1 aliphatic heterocycles. The van der Waals surface area contributed by atoms with E-state index in [1.54, 1.807) is 11.1 Å². The van der Waals surface area contributed by atoms with Gasteiger partial charge < -0.3 is 4.90 Å². The van der Waals surface area contributed by atoms with Crippen LogP contribution in [0.4, 0.5) is 0 Å². The van der Waals surface area contributed by atoms with Crippen molar-refractivity contribution in [3.8, 4) is 0 Å². The third-order valence-electron chi connectivity index (χ3n) is 2.72. The standard InChI is InChI=1S/C12H14N2O2/c1-9(15)7-12(16)14-6-4-11-10(8-14)3-2-5-13-11/h2-3,5H,4,6-8H2,1H3. The van der Waals surface area contributed by atoms with Gasteiger partial charge in [0.15, 0.2) is 0 Å². The van der Waals surface area contributed by atoms with Crippen LogP contribution in [0.15, 0.2) is 18.3 Å². The number of Topliss-reactive ketones (excluding diaryl/α,β-unsaturated/α-hetero) is 1. The number of carbonyl (C=O) groups excluding carboxylic acids is 2. The molecule has 4 nitrogen and oxygen atoms in total. The number of hydrogen-bond donors (Lipinski definition) is 0. The molecule has 0 unspecified atom stereocenters. The lowest BCUT2D eigenvalue weighted by Crippen LogP contribution is -2.37. The molecule has 0 atom stereocenters. The molecular formula is C12H14N2O2. The zero-order valence-corrected chi connectivity index (χ0v) is 9.27. The number of aromatic nitrogens is 1. The lowest BCUT2D eigenvalue weighted by atomic mass is 10.1. The summed E-state index contributed by atoms with van der Waals surface area (Å²) < 4.78 is 0. The molecule has 0 saturated heterocycles. The summed E-state index contributed by atoms with van der Waals surface area (Å²) in [6.45, 7) is 2.68. The first kappa shape index (κ1) is 10.8. The monoisotopic (exact) mass is 218 g/mol. The maximum Gasteiger partial charge on any atom is 0.230 e. The van der Waals surface area contributed by atoms with E-state index < -0.39 is 0 Å². The Kier molecular flexibility index (Phi) is 2.99. The van der Waals surface area contributed by atoms with Crippen molar-refractivity contribution in [3.63, 3.8) is 0 Å². The second-order valence-electron chi connectivity index (χ2n) is 4.05. The summed E-state index contributed by atoms with van der Waals surface area (Å²) in [6.07, 6.45) is 2.56. The Labute approximate surface area is 94.3 Å². The van der Waals surface area contributed by atoms with E-state index in [9.17, 15) is 9.59 Å². The van der Waals surface area contributed by atoms with Gasteiger partial charge in [-0.15, -0.1) is 0 Å². The number of hydrogen-bond acceptors (Lipinski definition) is 3. The zero-order valence-electron chi connectivity index (χ0n) is 9.27. The van der Waals surface area contributed by atoms with Gasteiger partial charge in [-0.1, -0.05) is 6.07 Å². The van der Waals surface area contributed by atoms with E-state index >= 15 is 0 Å². The first-order chi connectivity index (χ1) is 7.66. The third-order valence-corrected chi connectivity index (χ3v) is 2.72. The number of fused-ring (bicyclic) bond motifs is 1. The van der Waals surface area contributed by atoms with Crippen LogP contribution < -0.4 is 0 Å². The van der Waals surface area contributed by atoms with E-state index in [-0.39, 0.29) is 18.1 Å². The van der Waals surface area contributed by atoms with Crippen molar-refractivity contribution >= 4 is 11.7 Å². The molecular weight excluding hydrogens is 204 g/mol. The van der Waals surface area contributed by atoms with Gasteiger partial charge in [-0.2, -0.15) is 0 Å². The lowest BCUT2D eigenvalue weighted by Gasteiger charge is -2.27. The normalized spacial score (nSPS) is 14.4. The van der Waals surface area contributed by atoms with E-state index in [0.29, 0.717) is 13.1 Å². The van der Waals surface area contributed by atoms with Crippen LogP contribution in [0.1, 0.15) is 24.6 Å². The van der Waals surface area contributed by atoms with Crippen LogP contribution in [0.3, 0.4) is 0 Å². The van der Waals surface area contributed by atoms with Gasteiger partial charge >= 0.3 is 0 Å². The van der Waals surface area contributed by atoms with E-state index in [0.717, 1.165) is 17.7 Å². The van der Waals surface area contributed by atoms with Gasteiger partial charge in [-0.05, 0) is 18.6 Å². The van der Waals surface area contributed by atoms with Crippen LogP contribution in [0.5, 0.6) is 0 Å². The Balaban J connectivity index is 2.08. The first-order valence-electron chi connectivity index (χ1n) is 5.37. The fraction of sp³-hybridized carbons (Fsp3) is 0.417. The van der Waals surface area contributed by atoms with Crippen molar-refractivity contribution < 1.29 is 9.59 Å². The van der Waals surface area contributed by atoms with E-state index in [1.165, 1.54) is 6.92 Å². The predicted molar refractivity (Wildman–Crippen MR) is 58.7 cm³/mol. The minimum absolute atomic E-state index is 0.00952. The molecule has 2 heterocycles. The van der Waals surface area contributed by atoms with Crippen molar-refractivity contribution in [3.05, 3.63) is 29.6 Å². The highest BCUT2D eigenvalue weighted by Crippen LogP contribution is 2.16. The van der Waals surface area contributed by atoms with Crippen molar-refractivity contribution in [2.24, 2.45) is 0 Å². The molecule has 0 radical (unpaired) electrons. The number of rotatable bonds is 2. The first-order valence-corrected chi connectivity index (χ1v) is 5.37. The molecule has 16 heavy (non-hydrogen) atoms. The maximum absolute atomic E-state index is 11.7. The number of carbonyl (C=O) groups is 2. The van der Waals surface area contributed by atoms with Gasteiger partial charge in [-0.25, -0.2) is 0 Å². The van der Waals surface area contributed by atoms with Crippen molar-refractivity contribution in [1.82, 2.24) is 9.88 Å². The maximum atomic E-state index is 11.7. The van der Waals surface area contributed by atoms with Gasteiger partial charge in [0.2, 0.25) is 5.91 Å². The summed E-state index contributed by atoms with van der Waals surface area (Å²) in [5, 5.41) is 0. The summed E-state index contributed by atoms with van der Waals surface area (Å²) in [5.74, 6) is -0.163. The fourth-order valence-electron chi connectivity index (χ4n) is 1.90. The quantitative estimate of drug-likeness (QED) is 0.694. The van der Waals surface area contributed by atoms with Gasteiger partial charge in [-0.3, -0.25) is 14.6 Å². The van der Waals surface area contributed by atoms with Crippen molar-refractivity contribution in [2.75, 3.05) is 6.54 Å². The van der Waals surface area contributed by atoms with Gasteiger partial charge in [0.25, 0.3) is 0 Å². The smallest absolute Gasteiger partial charge is 0.230 e. The van der Waals surface area contributed by atoms with Crippen LogP contribution in [0, 0.1) is 0 Å². The van der Waals surface area contributed by atoms with E-state index in [1.807, 2.05) is 12.1 Å². The van der Waals surface area contributed by atoms with Crippen LogP contribution in [0.25, 0.3) is 0 Å². The second kappa shape index (κ2) is 4.43. The van der Waals surface area contributed by atoms with Crippen LogP contribution in [0.2, 0.25) is 0 Å². The summed E-state index contributed by atoms with van der Waals surface area (Å²) in [4.78, 5) is 28.6. The Bertz CT molecular complexity index is 429. The van der Waals surface area contributed by atoms with Gasteiger partial charge in [0.1, 0.15) is 5.78 Å². The van der Waals surface area contributed by atoms with Crippen LogP contribution in [-0.2, 0) is 22.6 Å². The van der Waals surface area contributed by atoms with Gasteiger partial charge in [0.05, 0.1) is 6.42 Å². The summed E-state index contributed by atoms with van der Waals surface area (Å²) >= 11 is 0. The Morgan fingerprint density at radius 3 is 3.06 bits per heavy atom. The van der Waals surface area contributed by atoms with Crippen molar-refractivity contribution in [2.45, 2.75) is 26.3 Å².